The summed E-state index contributed by atoms with van der Waals surface area (Å²) in [6.45, 7) is 9.39. The average molecular weight is 481 g/mol. The van der Waals surface area contributed by atoms with Crippen molar-refractivity contribution in [3.8, 4) is 11.1 Å². The minimum atomic E-state index is -1.03. The van der Waals surface area contributed by atoms with E-state index in [2.05, 4.69) is 34.9 Å². The Bertz CT molecular complexity index is 1050. The molecule has 1 aliphatic rings. The summed E-state index contributed by atoms with van der Waals surface area (Å²) in [6, 6.07) is 15.8. The monoisotopic (exact) mass is 480 g/mol. The van der Waals surface area contributed by atoms with E-state index < -0.39 is 28.9 Å². The van der Waals surface area contributed by atoms with Crippen molar-refractivity contribution >= 4 is 18.0 Å². The van der Waals surface area contributed by atoms with Crippen molar-refractivity contribution in [1.82, 2.24) is 10.6 Å². The fraction of sp³-hybridized carbons (Fsp3) is 0.464. The maximum Gasteiger partial charge on any atom is 0.407 e. The minimum absolute atomic E-state index is 0.0209. The van der Waals surface area contributed by atoms with Gasteiger partial charge in [0.05, 0.1) is 5.41 Å². The Kier molecular flexibility index (Phi) is 7.88. The molecule has 0 bridgehead atoms. The van der Waals surface area contributed by atoms with Gasteiger partial charge in [0.15, 0.2) is 0 Å². The second-order valence-corrected chi connectivity index (χ2v) is 10.6. The van der Waals surface area contributed by atoms with Crippen LogP contribution in [-0.4, -0.2) is 42.3 Å². The molecule has 0 aliphatic heterocycles. The van der Waals surface area contributed by atoms with Crippen LogP contribution in [0.3, 0.4) is 0 Å². The van der Waals surface area contributed by atoms with Crippen molar-refractivity contribution in [2.24, 2.45) is 10.8 Å². The van der Waals surface area contributed by atoms with Crippen LogP contribution >= 0.6 is 0 Å². The number of fused-ring (bicyclic) bond motifs is 3. The summed E-state index contributed by atoms with van der Waals surface area (Å²) in [4.78, 5) is 36.9. The molecule has 2 aromatic carbocycles. The number of rotatable bonds is 9. The first-order valence-corrected chi connectivity index (χ1v) is 12.1. The van der Waals surface area contributed by atoms with Crippen LogP contribution in [0.25, 0.3) is 11.1 Å². The lowest BCUT2D eigenvalue weighted by molar-refractivity contribution is -0.148. The van der Waals surface area contributed by atoms with E-state index in [1.54, 1.807) is 13.8 Å². The summed E-state index contributed by atoms with van der Waals surface area (Å²) in [5.41, 5.74) is 3.12. The van der Waals surface area contributed by atoms with Crippen LogP contribution in [0, 0.1) is 10.8 Å². The molecule has 2 amide bonds. The van der Waals surface area contributed by atoms with E-state index in [0.29, 0.717) is 6.42 Å². The van der Waals surface area contributed by atoms with E-state index in [1.165, 1.54) is 0 Å². The highest BCUT2D eigenvalue weighted by molar-refractivity contribution is 5.80. The highest BCUT2D eigenvalue weighted by Crippen LogP contribution is 2.44. The fourth-order valence-electron chi connectivity index (χ4n) is 4.26. The normalized spacial score (nSPS) is 15.3. The summed E-state index contributed by atoms with van der Waals surface area (Å²) in [6.07, 6.45) is -0.167. The van der Waals surface area contributed by atoms with Crippen LogP contribution < -0.4 is 10.6 Å². The van der Waals surface area contributed by atoms with Crippen molar-refractivity contribution in [3.63, 3.8) is 0 Å². The number of amides is 2. The zero-order chi connectivity index (χ0) is 25.8. The Hall–Kier alpha value is -3.35. The third kappa shape index (κ3) is 6.02. The van der Waals surface area contributed by atoms with Gasteiger partial charge in [-0.15, -0.1) is 0 Å². The number of carbonyl (C=O) groups is 3. The molecule has 188 valence electrons. The molecule has 7 nitrogen and oxygen atoms in total. The van der Waals surface area contributed by atoms with Crippen molar-refractivity contribution in [1.29, 1.82) is 0 Å². The number of carboxylic acid groups (broad SMARTS) is 1. The van der Waals surface area contributed by atoms with Gasteiger partial charge in [-0.2, -0.15) is 0 Å². The van der Waals surface area contributed by atoms with Gasteiger partial charge < -0.3 is 20.5 Å². The molecule has 2 unspecified atom stereocenters. The molecule has 0 aromatic heterocycles. The molecule has 1 aliphatic carbocycles. The molecule has 0 fully saturated rings. The standard InChI is InChI=1S/C28H36N2O5/c1-6-28(5,25(32)33)17-29-24(31)15-23(27(2,3)4)30-26(34)35-16-22-20-13-9-7-11-18(20)19-12-8-10-14-21(19)22/h7-14,22-23H,6,15-17H2,1-5H3,(H,29,31)(H,30,34)(H,32,33). The van der Waals surface area contributed by atoms with Crippen LogP contribution in [0.1, 0.15) is 64.5 Å². The first kappa shape index (κ1) is 26.3. The first-order valence-electron chi connectivity index (χ1n) is 12.1. The number of ether oxygens (including phenoxy) is 1. The predicted octanol–water partition coefficient (Wildman–Crippen LogP) is 4.95. The van der Waals surface area contributed by atoms with E-state index >= 15 is 0 Å². The van der Waals surface area contributed by atoms with Crippen LogP contribution in [0.5, 0.6) is 0 Å². The van der Waals surface area contributed by atoms with Crippen molar-refractivity contribution in [2.45, 2.75) is 59.4 Å². The second-order valence-electron chi connectivity index (χ2n) is 10.6. The molecular weight excluding hydrogens is 444 g/mol. The van der Waals surface area contributed by atoms with Gasteiger partial charge in [-0.1, -0.05) is 76.2 Å². The number of alkyl carbamates (subject to hydrolysis) is 1. The lowest BCUT2D eigenvalue weighted by Gasteiger charge is -2.31. The number of carboxylic acids is 1. The molecule has 0 heterocycles. The molecule has 0 radical (unpaired) electrons. The summed E-state index contributed by atoms with van der Waals surface area (Å²) in [5.74, 6) is -1.32. The summed E-state index contributed by atoms with van der Waals surface area (Å²) in [5, 5.41) is 15.0. The summed E-state index contributed by atoms with van der Waals surface area (Å²) < 4.78 is 5.65. The van der Waals surface area contributed by atoms with Gasteiger partial charge in [-0.05, 0) is 41.0 Å². The lowest BCUT2D eigenvalue weighted by atomic mass is 9.84. The molecule has 2 aromatic rings. The molecule has 3 N–H and O–H groups in total. The van der Waals surface area contributed by atoms with Crippen LogP contribution in [0.4, 0.5) is 4.79 Å². The SMILES string of the molecule is CCC(C)(CNC(=O)CC(NC(=O)OCC1c2ccccc2-c2ccccc21)C(C)(C)C)C(=O)O. The van der Waals surface area contributed by atoms with E-state index in [1.807, 2.05) is 45.0 Å². The Morgan fingerprint density at radius 1 is 0.971 bits per heavy atom. The molecular formula is C28H36N2O5. The average Bonchev–Trinajstić information content (AvgIpc) is 3.14. The van der Waals surface area contributed by atoms with Crippen LogP contribution in [0.15, 0.2) is 48.5 Å². The second kappa shape index (κ2) is 10.5. The van der Waals surface area contributed by atoms with Crippen LogP contribution in [0.2, 0.25) is 0 Å². The van der Waals surface area contributed by atoms with E-state index in [9.17, 15) is 19.5 Å². The Morgan fingerprint density at radius 3 is 2.00 bits per heavy atom. The van der Waals surface area contributed by atoms with Crippen molar-refractivity contribution in [2.75, 3.05) is 13.2 Å². The molecule has 35 heavy (non-hydrogen) atoms. The third-order valence-electron chi connectivity index (χ3n) is 7.04. The zero-order valence-corrected chi connectivity index (χ0v) is 21.2. The van der Waals surface area contributed by atoms with Gasteiger partial charge >= 0.3 is 12.1 Å². The molecule has 7 heteroatoms. The highest BCUT2D eigenvalue weighted by Gasteiger charge is 2.34. The van der Waals surface area contributed by atoms with Crippen molar-refractivity contribution in [3.05, 3.63) is 59.7 Å². The molecule has 0 saturated heterocycles. The maximum atomic E-state index is 12.8. The Morgan fingerprint density at radius 2 is 1.51 bits per heavy atom. The predicted molar refractivity (Wildman–Crippen MR) is 135 cm³/mol. The first-order chi connectivity index (χ1) is 16.5. The van der Waals surface area contributed by atoms with Gasteiger partial charge in [0, 0.05) is 24.9 Å². The molecule has 0 saturated carbocycles. The Balaban J connectivity index is 1.62. The number of benzene rings is 2. The highest BCUT2D eigenvalue weighted by atomic mass is 16.5. The molecule has 3 rings (SSSR count). The largest absolute Gasteiger partial charge is 0.481 e. The topological polar surface area (TPSA) is 105 Å². The zero-order valence-electron chi connectivity index (χ0n) is 21.2. The van der Waals surface area contributed by atoms with Gasteiger partial charge in [-0.25, -0.2) is 4.79 Å². The summed E-state index contributed by atoms with van der Waals surface area (Å²) >= 11 is 0. The third-order valence-corrected chi connectivity index (χ3v) is 7.04. The number of hydrogen-bond donors (Lipinski definition) is 3. The molecule has 2 atom stereocenters. The maximum absolute atomic E-state index is 12.8. The van der Waals surface area contributed by atoms with E-state index in [-0.39, 0.29) is 31.4 Å². The number of nitrogens with one attached hydrogen (secondary N) is 2. The quantitative estimate of drug-likeness (QED) is 0.471. The smallest absolute Gasteiger partial charge is 0.407 e. The fourth-order valence-corrected chi connectivity index (χ4v) is 4.26. The lowest BCUT2D eigenvalue weighted by Crippen LogP contribution is -2.48. The van der Waals surface area contributed by atoms with Crippen LogP contribution in [-0.2, 0) is 14.3 Å². The number of carbonyl (C=O) groups excluding carboxylic acids is 2. The van der Waals surface area contributed by atoms with E-state index in [4.69, 9.17) is 4.74 Å². The molecule has 0 spiro atoms. The summed E-state index contributed by atoms with van der Waals surface area (Å²) in [7, 11) is 0. The van der Waals surface area contributed by atoms with E-state index in [0.717, 1.165) is 22.3 Å². The minimum Gasteiger partial charge on any atom is -0.481 e. The van der Waals surface area contributed by atoms with Gasteiger partial charge in [0.2, 0.25) is 5.91 Å². The van der Waals surface area contributed by atoms with Crippen molar-refractivity contribution < 1.29 is 24.2 Å². The van der Waals surface area contributed by atoms with Gasteiger partial charge in [-0.3, -0.25) is 9.59 Å². The Labute approximate surface area is 207 Å². The van der Waals surface area contributed by atoms with Gasteiger partial charge in [0.1, 0.15) is 6.61 Å². The van der Waals surface area contributed by atoms with Gasteiger partial charge in [0.25, 0.3) is 0 Å². The number of hydrogen-bond acceptors (Lipinski definition) is 4. The number of aliphatic carboxylic acids is 1.